The summed E-state index contributed by atoms with van der Waals surface area (Å²) in [6.45, 7) is 4.87. The van der Waals surface area contributed by atoms with E-state index in [1.165, 1.54) is 0 Å². The average Bonchev–Trinajstić information content (AvgIpc) is 3.12. The average molecular weight is 368 g/mol. The minimum Gasteiger partial charge on any atom is -0.495 e. The van der Waals surface area contributed by atoms with Crippen LogP contribution in [-0.4, -0.2) is 55.2 Å². The molecule has 3 aromatic rings. The van der Waals surface area contributed by atoms with E-state index in [4.69, 9.17) is 13.9 Å². The summed E-state index contributed by atoms with van der Waals surface area (Å²) in [6.07, 6.45) is 1.69. The highest BCUT2D eigenvalue weighted by Crippen LogP contribution is 2.24. The number of rotatable bonds is 6. The van der Waals surface area contributed by atoms with Crippen molar-refractivity contribution in [2.24, 2.45) is 0 Å². The van der Waals surface area contributed by atoms with Gasteiger partial charge in [0, 0.05) is 26.2 Å². The van der Waals surface area contributed by atoms with E-state index < -0.39 is 0 Å². The van der Waals surface area contributed by atoms with Crippen LogP contribution in [0.25, 0.3) is 11.1 Å². The van der Waals surface area contributed by atoms with Crippen molar-refractivity contribution in [1.82, 2.24) is 14.9 Å². The van der Waals surface area contributed by atoms with Crippen molar-refractivity contribution in [3.63, 3.8) is 0 Å². The van der Waals surface area contributed by atoms with E-state index in [-0.39, 0.29) is 0 Å². The largest absolute Gasteiger partial charge is 0.495 e. The van der Waals surface area contributed by atoms with Crippen molar-refractivity contribution in [1.29, 1.82) is 0 Å². The van der Waals surface area contributed by atoms with Gasteiger partial charge in [-0.05, 0) is 36.9 Å². The lowest BCUT2D eigenvalue weighted by atomic mass is 10.2. The molecular weight excluding hydrogens is 344 g/mol. The monoisotopic (exact) mass is 368 g/mol. The third-order valence-electron chi connectivity index (χ3n) is 4.77. The van der Waals surface area contributed by atoms with E-state index in [0.717, 1.165) is 54.3 Å². The van der Waals surface area contributed by atoms with Crippen molar-refractivity contribution < 1.29 is 13.9 Å². The molecule has 1 aromatic carbocycles. The lowest BCUT2D eigenvalue weighted by Gasteiger charge is -2.31. The first kappa shape index (κ1) is 17.8. The summed E-state index contributed by atoms with van der Waals surface area (Å²) < 4.78 is 16.9. The molecule has 0 aliphatic carbocycles. The van der Waals surface area contributed by atoms with Gasteiger partial charge in [0.05, 0.1) is 32.2 Å². The number of pyridine rings is 1. The van der Waals surface area contributed by atoms with Crippen LogP contribution in [0.4, 0.5) is 6.01 Å². The van der Waals surface area contributed by atoms with Crippen LogP contribution in [0.5, 0.6) is 5.75 Å². The third-order valence-corrected chi connectivity index (χ3v) is 4.77. The van der Waals surface area contributed by atoms with Crippen LogP contribution in [0, 0.1) is 0 Å². The Morgan fingerprint density at radius 1 is 1.07 bits per heavy atom. The van der Waals surface area contributed by atoms with Crippen LogP contribution in [0.3, 0.4) is 0 Å². The maximum Gasteiger partial charge on any atom is 0.298 e. The first-order chi connectivity index (χ1) is 13.2. The Kier molecular flexibility index (Phi) is 5.22. The topological polar surface area (TPSA) is 63.9 Å². The van der Waals surface area contributed by atoms with E-state index in [9.17, 15) is 0 Å². The van der Waals surface area contributed by atoms with Gasteiger partial charge in [-0.2, -0.15) is 4.98 Å². The predicted molar refractivity (Wildman–Crippen MR) is 103 cm³/mol. The highest BCUT2D eigenvalue weighted by atomic mass is 16.5. The molecule has 0 atom stereocenters. The molecule has 1 aliphatic rings. The first-order valence-corrected chi connectivity index (χ1v) is 9.11. The van der Waals surface area contributed by atoms with Gasteiger partial charge in [0.25, 0.3) is 6.01 Å². The number of hydrogen-bond donors (Lipinski definition) is 0. The lowest BCUT2D eigenvalue weighted by molar-refractivity contribution is 0.104. The van der Waals surface area contributed by atoms with Crippen LogP contribution < -0.4 is 9.64 Å². The van der Waals surface area contributed by atoms with Gasteiger partial charge in [0.15, 0.2) is 5.58 Å². The standard InChI is InChI=1S/C20H24N4O3/c1-23-7-9-24(10-8-23)20-22-18-6-3-15(11-19(18)27-20)13-26-14-16-4-5-17(25-2)12-21-16/h3-6,11-12H,7-10,13-14H2,1-2H3. The highest BCUT2D eigenvalue weighted by Gasteiger charge is 2.19. The molecule has 0 amide bonds. The Hall–Kier alpha value is -2.64. The van der Waals surface area contributed by atoms with E-state index in [2.05, 4.69) is 26.8 Å². The van der Waals surface area contributed by atoms with Crippen LogP contribution in [-0.2, 0) is 18.0 Å². The zero-order valence-electron chi connectivity index (χ0n) is 15.7. The summed E-state index contributed by atoms with van der Waals surface area (Å²) >= 11 is 0. The van der Waals surface area contributed by atoms with Gasteiger partial charge in [-0.25, -0.2) is 0 Å². The Morgan fingerprint density at radius 2 is 1.93 bits per heavy atom. The molecule has 1 fully saturated rings. The summed E-state index contributed by atoms with van der Waals surface area (Å²) in [5.41, 5.74) is 3.60. The zero-order chi connectivity index (χ0) is 18.6. The molecule has 1 saturated heterocycles. The SMILES string of the molecule is COc1ccc(COCc2ccc3nc(N4CCN(C)CC4)oc3c2)nc1. The van der Waals surface area contributed by atoms with Crippen molar-refractivity contribution in [2.75, 3.05) is 45.2 Å². The molecule has 0 saturated carbocycles. The maximum atomic E-state index is 5.99. The zero-order valence-corrected chi connectivity index (χ0v) is 15.7. The van der Waals surface area contributed by atoms with Crippen molar-refractivity contribution in [3.05, 3.63) is 47.8 Å². The van der Waals surface area contributed by atoms with Gasteiger partial charge < -0.3 is 23.7 Å². The Labute approximate surface area is 158 Å². The number of methoxy groups -OCH3 is 1. The van der Waals surface area contributed by atoms with E-state index in [0.29, 0.717) is 19.2 Å². The number of fused-ring (bicyclic) bond motifs is 1. The van der Waals surface area contributed by atoms with Crippen molar-refractivity contribution in [3.8, 4) is 5.75 Å². The molecule has 0 spiro atoms. The number of anilines is 1. The second-order valence-electron chi connectivity index (χ2n) is 6.77. The maximum absolute atomic E-state index is 5.99. The molecule has 142 valence electrons. The summed E-state index contributed by atoms with van der Waals surface area (Å²) in [6, 6.07) is 10.5. The second kappa shape index (κ2) is 7.94. The van der Waals surface area contributed by atoms with Gasteiger partial charge in [-0.1, -0.05) is 6.07 Å². The summed E-state index contributed by atoms with van der Waals surface area (Å²) in [4.78, 5) is 13.4. The number of oxazole rings is 1. The molecule has 4 rings (SSSR count). The fraction of sp³-hybridized carbons (Fsp3) is 0.400. The minimum absolute atomic E-state index is 0.449. The molecule has 7 heteroatoms. The Bertz CT molecular complexity index is 886. The highest BCUT2D eigenvalue weighted by molar-refractivity contribution is 5.75. The number of hydrogen-bond acceptors (Lipinski definition) is 7. The number of nitrogens with zero attached hydrogens (tertiary/aromatic N) is 4. The molecule has 7 nitrogen and oxygen atoms in total. The van der Waals surface area contributed by atoms with Gasteiger partial charge >= 0.3 is 0 Å². The third kappa shape index (κ3) is 4.20. The fourth-order valence-corrected chi connectivity index (χ4v) is 3.07. The quantitative estimate of drug-likeness (QED) is 0.663. The molecule has 0 unspecified atom stereocenters. The van der Waals surface area contributed by atoms with Crippen LogP contribution in [0.1, 0.15) is 11.3 Å². The number of piperazine rings is 1. The lowest BCUT2D eigenvalue weighted by Crippen LogP contribution is -2.44. The first-order valence-electron chi connectivity index (χ1n) is 9.11. The van der Waals surface area contributed by atoms with Gasteiger partial charge in [-0.15, -0.1) is 0 Å². The smallest absolute Gasteiger partial charge is 0.298 e. The Morgan fingerprint density at radius 3 is 2.67 bits per heavy atom. The molecule has 0 N–H and O–H groups in total. The molecule has 0 radical (unpaired) electrons. The van der Waals surface area contributed by atoms with Crippen LogP contribution in [0.2, 0.25) is 0 Å². The molecule has 27 heavy (non-hydrogen) atoms. The van der Waals surface area contributed by atoms with E-state index in [1.54, 1.807) is 13.3 Å². The number of aromatic nitrogens is 2. The van der Waals surface area contributed by atoms with Crippen molar-refractivity contribution in [2.45, 2.75) is 13.2 Å². The molecule has 0 bridgehead atoms. The summed E-state index contributed by atoms with van der Waals surface area (Å²) in [7, 11) is 3.76. The van der Waals surface area contributed by atoms with Crippen LogP contribution in [0.15, 0.2) is 40.9 Å². The number of ether oxygens (including phenoxy) is 2. The fourth-order valence-electron chi connectivity index (χ4n) is 3.07. The normalized spacial score (nSPS) is 15.4. The Balaban J connectivity index is 1.37. The molecule has 1 aliphatic heterocycles. The predicted octanol–water partition coefficient (Wildman–Crippen LogP) is 2.70. The van der Waals surface area contributed by atoms with E-state index >= 15 is 0 Å². The molecule has 3 heterocycles. The number of benzene rings is 1. The number of likely N-dealkylation sites (N-methyl/N-ethyl adjacent to an activating group) is 1. The minimum atomic E-state index is 0.449. The molecular formula is C20H24N4O3. The summed E-state index contributed by atoms with van der Waals surface area (Å²) in [5.74, 6) is 0.741. The van der Waals surface area contributed by atoms with E-state index in [1.807, 2.05) is 30.3 Å². The van der Waals surface area contributed by atoms with Gasteiger partial charge in [0.1, 0.15) is 11.3 Å². The molecule has 2 aromatic heterocycles. The van der Waals surface area contributed by atoms with Crippen LogP contribution >= 0.6 is 0 Å². The summed E-state index contributed by atoms with van der Waals surface area (Å²) in [5, 5.41) is 0. The van der Waals surface area contributed by atoms with Gasteiger partial charge in [-0.3, -0.25) is 4.98 Å². The van der Waals surface area contributed by atoms with Crippen molar-refractivity contribution >= 4 is 17.1 Å². The second-order valence-corrected chi connectivity index (χ2v) is 6.77. The van der Waals surface area contributed by atoms with Gasteiger partial charge in [0.2, 0.25) is 0 Å².